The molecule has 2 rings (SSSR count). The predicted molar refractivity (Wildman–Crippen MR) is 55.8 cm³/mol. The highest BCUT2D eigenvalue weighted by Crippen LogP contribution is 2.12. The van der Waals surface area contributed by atoms with Crippen LogP contribution in [0.25, 0.3) is 0 Å². The molecule has 1 heterocycles. The van der Waals surface area contributed by atoms with Crippen molar-refractivity contribution < 1.29 is 5.11 Å². The SMILES string of the molecule is OC1(C#Cc2ccccc2)CCNC1. The van der Waals surface area contributed by atoms with Crippen LogP contribution < -0.4 is 5.32 Å². The van der Waals surface area contributed by atoms with Crippen molar-refractivity contribution in [3.8, 4) is 11.8 Å². The number of rotatable bonds is 0. The Morgan fingerprint density at radius 1 is 1.29 bits per heavy atom. The van der Waals surface area contributed by atoms with Crippen LogP contribution in [0.1, 0.15) is 12.0 Å². The second-order valence-corrected chi connectivity index (χ2v) is 3.57. The first-order valence-electron chi connectivity index (χ1n) is 4.80. The quantitative estimate of drug-likeness (QED) is 0.588. The van der Waals surface area contributed by atoms with Gasteiger partial charge in [0.15, 0.2) is 0 Å². The van der Waals surface area contributed by atoms with Gasteiger partial charge in [0.25, 0.3) is 0 Å². The van der Waals surface area contributed by atoms with E-state index in [9.17, 15) is 5.11 Å². The van der Waals surface area contributed by atoms with Gasteiger partial charge in [-0.2, -0.15) is 0 Å². The van der Waals surface area contributed by atoms with Gasteiger partial charge in [-0.15, -0.1) is 0 Å². The van der Waals surface area contributed by atoms with Crippen molar-refractivity contribution >= 4 is 0 Å². The maximum Gasteiger partial charge on any atom is 0.139 e. The van der Waals surface area contributed by atoms with Crippen LogP contribution in [-0.2, 0) is 0 Å². The number of aliphatic hydroxyl groups is 1. The maximum absolute atomic E-state index is 9.92. The monoisotopic (exact) mass is 187 g/mol. The zero-order chi connectivity index (χ0) is 9.86. The molecule has 1 aliphatic heterocycles. The fourth-order valence-corrected chi connectivity index (χ4v) is 1.50. The molecule has 2 heteroatoms. The van der Waals surface area contributed by atoms with Gasteiger partial charge >= 0.3 is 0 Å². The molecule has 14 heavy (non-hydrogen) atoms. The first kappa shape index (κ1) is 9.26. The summed E-state index contributed by atoms with van der Waals surface area (Å²) in [5.41, 5.74) is 0.128. The Morgan fingerprint density at radius 2 is 2.07 bits per heavy atom. The number of hydrogen-bond donors (Lipinski definition) is 2. The van der Waals surface area contributed by atoms with E-state index in [1.807, 2.05) is 30.3 Å². The minimum absolute atomic E-state index is 0.576. The van der Waals surface area contributed by atoms with Gasteiger partial charge < -0.3 is 10.4 Å². The molecule has 0 bridgehead atoms. The molecule has 1 aromatic rings. The third-order valence-electron chi connectivity index (χ3n) is 2.35. The summed E-state index contributed by atoms with van der Waals surface area (Å²) >= 11 is 0. The Balaban J connectivity index is 2.14. The van der Waals surface area contributed by atoms with E-state index in [1.54, 1.807) is 0 Å². The lowest BCUT2D eigenvalue weighted by molar-refractivity contribution is 0.124. The van der Waals surface area contributed by atoms with Gasteiger partial charge in [-0.1, -0.05) is 30.0 Å². The van der Waals surface area contributed by atoms with E-state index < -0.39 is 5.60 Å². The molecule has 0 spiro atoms. The van der Waals surface area contributed by atoms with Crippen molar-refractivity contribution in [3.05, 3.63) is 35.9 Å². The minimum atomic E-state index is -0.824. The van der Waals surface area contributed by atoms with Gasteiger partial charge in [0, 0.05) is 18.5 Å². The second kappa shape index (κ2) is 3.83. The minimum Gasteiger partial charge on any atom is -0.376 e. The Bertz CT molecular complexity index is 355. The number of benzene rings is 1. The summed E-state index contributed by atoms with van der Waals surface area (Å²) in [5.74, 6) is 5.90. The van der Waals surface area contributed by atoms with Gasteiger partial charge in [0.2, 0.25) is 0 Å². The molecule has 1 saturated heterocycles. The van der Waals surface area contributed by atoms with Crippen LogP contribution in [0.5, 0.6) is 0 Å². The first-order valence-corrected chi connectivity index (χ1v) is 4.80. The molecule has 1 fully saturated rings. The molecular weight excluding hydrogens is 174 g/mol. The smallest absolute Gasteiger partial charge is 0.139 e. The van der Waals surface area contributed by atoms with E-state index in [2.05, 4.69) is 17.2 Å². The van der Waals surface area contributed by atoms with Gasteiger partial charge in [-0.3, -0.25) is 0 Å². The van der Waals surface area contributed by atoms with Crippen LogP contribution in [0.15, 0.2) is 30.3 Å². The standard InChI is InChI=1S/C12H13NO/c14-12(8-9-13-10-12)7-6-11-4-2-1-3-5-11/h1-5,13-14H,8-10H2. The summed E-state index contributed by atoms with van der Waals surface area (Å²) in [6.07, 6.45) is 0.715. The van der Waals surface area contributed by atoms with E-state index in [4.69, 9.17) is 0 Å². The third kappa shape index (κ3) is 2.14. The molecule has 0 aliphatic carbocycles. The number of β-amino-alcohol motifs (C(OH)–C–C–N with tert-alkyl or cyclic N) is 1. The van der Waals surface area contributed by atoms with Gasteiger partial charge in [-0.25, -0.2) is 0 Å². The summed E-state index contributed by atoms with van der Waals surface area (Å²) in [7, 11) is 0. The molecule has 2 N–H and O–H groups in total. The Labute approximate surface area is 84.0 Å². The maximum atomic E-state index is 9.92. The summed E-state index contributed by atoms with van der Waals surface area (Å²) < 4.78 is 0. The summed E-state index contributed by atoms with van der Waals surface area (Å²) in [6.45, 7) is 1.42. The summed E-state index contributed by atoms with van der Waals surface area (Å²) in [4.78, 5) is 0. The average molecular weight is 187 g/mol. The van der Waals surface area contributed by atoms with Crippen LogP contribution in [0.3, 0.4) is 0 Å². The molecule has 2 nitrogen and oxygen atoms in total. The van der Waals surface area contributed by atoms with E-state index in [0.717, 1.165) is 12.1 Å². The molecular formula is C12H13NO. The zero-order valence-electron chi connectivity index (χ0n) is 7.96. The molecule has 0 amide bonds. The predicted octanol–water partition coefficient (Wildman–Crippen LogP) is 0.762. The lowest BCUT2D eigenvalue weighted by Gasteiger charge is -2.11. The van der Waals surface area contributed by atoms with Crippen LogP contribution in [0.2, 0.25) is 0 Å². The largest absolute Gasteiger partial charge is 0.376 e. The van der Waals surface area contributed by atoms with Crippen molar-refractivity contribution in [3.63, 3.8) is 0 Å². The van der Waals surface area contributed by atoms with Crippen molar-refractivity contribution in [1.29, 1.82) is 0 Å². The fraction of sp³-hybridized carbons (Fsp3) is 0.333. The van der Waals surface area contributed by atoms with Crippen molar-refractivity contribution in [2.24, 2.45) is 0 Å². The van der Waals surface area contributed by atoms with E-state index in [1.165, 1.54) is 0 Å². The van der Waals surface area contributed by atoms with E-state index in [0.29, 0.717) is 13.0 Å². The van der Waals surface area contributed by atoms with Gasteiger partial charge in [0.1, 0.15) is 5.60 Å². The van der Waals surface area contributed by atoms with Crippen LogP contribution >= 0.6 is 0 Å². The summed E-state index contributed by atoms with van der Waals surface area (Å²) in [5, 5.41) is 13.0. The fourth-order valence-electron chi connectivity index (χ4n) is 1.50. The highest BCUT2D eigenvalue weighted by atomic mass is 16.3. The first-order chi connectivity index (χ1) is 6.79. The molecule has 72 valence electrons. The lowest BCUT2D eigenvalue weighted by Crippen LogP contribution is -2.28. The Hall–Kier alpha value is -1.30. The van der Waals surface area contributed by atoms with Gasteiger partial charge in [-0.05, 0) is 18.7 Å². The second-order valence-electron chi connectivity index (χ2n) is 3.57. The lowest BCUT2D eigenvalue weighted by atomic mass is 10.0. The molecule has 1 unspecified atom stereocenters. The van der Waals surface area contributed by atoms with Crippen molar-refractivity contribution in [2.75, 3.05) is 13.1 Å². The molecule has 0 aromatic heterocycles. The van der Waals surface area contributed by atoms with Crippen molar-refractivity contribution in [2.45, 2.75) is 12.0 Å². The molecule has 1 aromatic carbocycles. The third-order valence-corrected chi connectivity index (χ3v) is 2.35. The Kier molecular flexibility index (Phi) is 2.53. The van der Waals surface area contributed by atoms with Crippen LogP contribution in [0.4, 0.5) is 0 Å². The zero-order valence-corrected chi connectivity index (χ0v) is 7.96. The highest BCUT2D eigenvalue weighted by molar-refractivity contribution is 5.36. The average Bonchev–Trinajstić information content (AvgIpc) is 2.65. The summed E-state index contributed by atoms with van der Waals surface area (Å²) in [6, 6.07) is 9.73. The normalized spacial score (nSPS) is 25.5. The molecule has 0 radical (unpaired) electrons. The number of nitrogens with one attached hydrogen (secondary N) is 1. The van der Waals surface area contributed by atoms with Crippen LogP contribution in [-0.4, -0.2) is 23.8 Å². The van der Waals surface area contributed by atoms with Crippen LogP contribution in [0, 0.1) is 11.8 Å². The highest BCUT2D eigenvalue weighted by Gasteiger charge is 2.28. The van der Waals surface area contributed by atoms with Gasteiger partial charge in [0.05, 0.1) is 0 Å². The van der Waals surface area contributed by atoms with E-state index >= 15 is 0 Å². The topological polar surface area (TPSA) is 32.3 Å². The number of hydrogen-bond acceptors (Lipinski definition) is 2. The molecule has 1 aliphatic rings. The molecule has 0 saturated carbocycles. The Morgan fingerprint density at radius 3 is 2.71 bits per heavy atom. The van der Waals surface area contributed by atoms with E-state index in [-0.39, 0.29) is 0 Å². The van der Waals surface area contributed by atoms with Crippen molar-refractivity contribution in [1.82, 2.24) is 5.32 Å². The molecule has 1 atom stereocenters.